The minimum atomic E-state index is -0.717. The highest BCUT2D eigenvalue weighted by atomic mass is 16.6. The van der Waals surface area contributed by atoms with Crippen LogP contribution in [-0.4, -0.2) is 41.6 Å². The summed E-state index contributed by atoms with van der Waals surface area (Å²) in [7, 11) is 0. The Bertz CT molecular complexity index is 1060. The van der Waals surface area contributed by atoms with E-state index in [0.29, 0.717) is 11.4 Å². The predicted molar refractivity (Wildman–Crippen MR) is 121 cm³/mol. The molecule has 0 amide bonds. The van der Waals surface area contributed by atoms with Crippen molar-refractivity contribution in [3.05, 3.63) is 88.0 Å². The van der Waals surface area contributed by atoms with E-state index in [1.165, 1.54) is 6.07 Å². The standard InChI is InChI=1S/C22H21N3O9/c1-3-21(26)33-13-15(14-34-22(27)4-2)12-32-18-8-5-16(6-9-18)23-19-10-7-17(24(28)29)11-20(19)25(30)31/h3-11,15,23H,1-2,12-14H2. The van der Waals surface area contributed by atoms with E-state index < -0.39 is 39.1 Å². The number of ether oxygens (including phenoxy) is 3. The van der Waals surface area contributed by atoms with Gasteiger partial charge in [0.1, 0.15) is 24.7 Å². The van der Waals surface area contributed by atoms with Gasteiger partial charge < -0.3 is 19.5 Å². The lowest BCUT2D eigenvalue weighted by Crippen LogP contribution is -2.25. The number of non-ortho nitro benzene ring substituents is 1. The summed E-state index contributed by atoms with van der Waals surface area (Å²) in [6, 6.07) is 9.63. The second-order valence-electron chi connectivity index (χ2n) is 6.71. The third-order valence-corrected chi connectivity index (χ3v) is 4.26. The average molecular weight is 471 g/mol. The third kappa shape index (κ3) is 7.75. The van der Waals surface area contributed by atoms with Crippen molar-refractivity contribution in [2.45, 2.75) is 0 Å². The quantitative estimate of drug-likeness (QED) is 0.197. The Hall–Kier alpha value is -4.74. The summed E-state index contributed by atoms with van der Waals surface area (Å²) in [5.74, 6) is -1.29. The fourth-order valence-electron chi connectivity index (χ4n) is 2.56. The van der Waals surface area contributed by atoms with Gasteiger partial charge in [0.25, 0.3) is 11.4 Å². The Morgan fingerprint density at radius 1 is 0.912 bits per heavy atom. The molecule has 0 aromatic heterocycles. The van der Waals surface area contributed by atoms with Gasteiger partial charge in [-0.2, -0.15) is 0 Å². The van der Waals surface area contributed by atoms with Crippen molar-refractivity contribution in [2.75, 3.05) is 25.1 Å². The lowest BCUT2D eigenvalue weighted by atomic mass is 10.2. The van der Waals surface area contributed by atoms with Crippen LogP contribution in [0.3, 0.4) is 0 Å². The number of nitro benzene ring substituents is 2. The molecule has 0 heterocycles. The molecule has 2 aromatic rings. The number of nitrogens with zero attached hydrogens (tertiary/aromatic N) is 2. The lowest BCUT2D eigenvalue weighted by molar-refractivity contribution is -0.393. The molecule has 1 N–H and O–H groups in total. The largest absolute Gasteiger partial charge is 0.493 e. The first-order chi connectivity index (χ1) is 16.2. The zero-order valence-electron chi connectivity index (χ0n) is 17.9. The normalized spacial score (nSPS) is 10.1. The number of benzene rings is 2. The summed E-state index contributed by atoms with van der Waals surface area (Å²) >= 11 is 0. The van der Waals surface area contributed by atoms with Gasteiger partial charge in [-0.1, -0.05) is 13.2 Å². The molecule has 0 unspecified atom stereocenters. The predicted octanol–water partition coefficient (Wildman–Crippen LogP) is 3.70. The molecule has 0 aliphatic heterocycles. The van der Waals surface area contributed by atoms with Crippen molar-refractivity contribution in [3.8, 4) is 5.75 Å². The van der Waals surface area contributed by atoms with E-state index in [1.54, 1.807) is 24.3 Å². The number of nitrogens with one attached hydrogen (secondary N) is 1. The molecule has 12 heteroatoms. The zero-order valence-corrected chi connectivity index (χ0v) is 17.9. The maximum absolute atomic E-state index is 11.3. The highest BCUT2D eigenvalue weighted by Gasteiger charge is 2.20. The zero-order chi connectivity index (χ0) is 25.1. The van der Waals surface area contributed by atoms with Crippen LogP contribution in [0.25, 0.3) is 0 Å². The van der Waals surface area contributed by atoms with E-state index in [9.17, 15) is 29.8 Å². The van der Waals surface area contributed by atoms with Gasteiger partial charge in [-0.15, -0.1) is 0 Å². The highest BCUT2D eigenvalue weighted by Crippen LogP contribution is 2.31. The summed E-state index contributed by atoms with van der Waals surface area (Å²) in [6.07, 6.45) is 2.02. The Morgan fingerprint density at radius 3 is 2.00 bits per heavy atom. The first-order valence-corrected chi connectivity index (χ1v) is 9.74. The molecule has 0 radical (unpaired) electrons. The van der Waals surface area contributed by atoms with Gasteiger partial charge in [0.05, 0.1) is 28.4 Å². The smallest absolute Gasteiger partial charge is 0.330 e. The van der Waals surface area contributed by atoms with E-state index >= 15 is 0 Å². The molecule has 0 atom stereocenters. The Morgan fingerprint density at radius 2 is 1.50 bits per heavy atom. The van der Waals surface area contributed by atoms with Crippen molar-refractivity contribution in [2.24, 2.45) is 5.92 Å². The first kappa shape index (κ1) is 25.5. The Kier molecular flexibility index (Phi) is 9.26. The van der Waals surface area contributed by atoms with Crippen LogP contribution in [0.4, 0.5) is 22.7 Å². The second kappa shape index (κ2) is 12.3. The minimum absolute atomic E-state index is 0.0510. The first-order valence-electron chi connectivity index (χ1n) is 9.74. The van der Waals surface area contributed by atoms with E-state index in [0.717, 1.165) is 24.3 Å². The number of anilines is 2. The maximum Gasteiger partial charge on any atom is 0.330 e. The molecule has 0 saturated carbocycles. The second-order valence-corrected chi connectivity index (χ2v) is 6.71. The molecule has 0 saturated heterocycles. The molecule has 2 aromatic carbocycles. The molecule has 34 heavy (non-hydrogen) atoms. The molecule has 0 aliphatic rings. The van der Waals surface area contributed by atoms with Gasteiger partial charge in [0.2, 0.25) is 0 Å². The number of carbonyl (C=O) groups is 2. The molecule has 0 aliphatic carbocycles. The van der Waals surface area contributed by atoms with Gasteiger partial charge in [-0.3, -0.25) is 20.2 Å². The summed E-state index contributed by atoms with van der Waals surface area (Å²) in [6.45, 7) is 6.52. The fourth-order valence-corrected chi connectivity index (χ4v) is 2.56. The van der Waals surface area contributed by atoms with Gasteiger partial charge in [-0.05, 0) is 30.3 Å². The van der Waals surface area contributed by atoms with Gasteiger partial charge in [-0.25, -0.2) is 9.59 Å². The van der Waals surface area contributed by atoms with Gasteiger partial charge >= 0.3 is 11.9 Å². The number of nitro groups is 2. The van der Waals surface area contributed by atoms with E-state index in [-0.39, 0.29) is 25.5 Å². The van der Waals surface area contributed by atoms with E-state index in [1.807, 2.05) is 0 Å². The van der Waals surface area contributed by atoms with Crippen LogP contribution in [0.5, 0.6) is 5.75 Å². The van der Waals surface area contributed by atoms with E-state index in [4.69, 9.17) is 14.2 Å². The van der Waals surface area contributed by atoms with Crippen LogP contribution in [0.1, 0.15) is 0 Å². The van der Waals surface area contributed by atoms with Crippen molar-refractivity contribution in [3.63, 3.8) is 0 Å². The SMILES string of the molecule is C=CC(=O)OCC(COC(=O)C=C)COc1ccc(Nc2ccc([N+](=O)[O-])cc2[N+](=O)[O-])cc1. The van der Waals surface area contributed by atoms with Crippen LogP contribution in [0.15, 0.2) is 67.8 Å². The van der Waals surface area contributed by atoms with Crippen LogP contribution in [0, 0.1) is 26.1 Å². The van der Waals surface area contributed by atoms with Gasteiger partial charge in [0, 0.05) is 23.9 Å². The number of esters is 2. The Balaban J connectivity index is 2.03. The van der Waals surface area contributed by atoms with Crippen LogP contribution in [0.2, 0.25) is 0 Å². The molecular formula is C22H21N3O9. The maximum atomic E-state index is 11.3. The molecule has 0 bridgehead atoms. The third-order valence-electron chi connectivity index (χ3n) is 4.26. The summed E-state index contributed by atoms with van der Waals surface area (Å²) in [5, 5.41) is 25.0. The number of carbonyl (C=O) groups excluding carboxylic acids is 2. The summed E-state index contributed by atoms with van der Waals surface area (Å²) in [4.78, 5) is 43.3. The minimum Gasteiger partial charge on any atom is -0.493 e. The molecular weight excluding hydrogens is 450 g/mol. The van der Waals surface area contributed by atoms with Crippen molar-refractivity contribution in [1.82, 2.24) is 0 Å². The molecule has 178 valence electrons. The molecule has 2 rings (SSSR count). The number of hydrogen-bond acceptors (Lipinski definition) is 10. The van der Waals surface area contributed by atoms with Crippen LogP contribution >= 0.6 is 0 Å². The lowest BCUT2D eigenvalue weighted by Gasteiger charge is -2.17. The van der Waals surface area contributed by atoms with Crippen molar-refractivity contribution >= 4 is 34.7 Å². The summed E-state index contributed by atoms with van der Waals surface area (Å²) < 4.78 is 15.6. The molecule has 12 nitrogen and oxygen atoms in total. The Labute approximate surface area is 193 Å². The van der Waals surface area contributed by atoms with Crippen LogP contribution < -0.4 is 10.1 Å². The monoisotopic (exact) mass is 471 g/mol. The number of hydrogen-bond donors (Lipinski definition) is 1. The molecule has 0 spiro atoms. The van der Waals surface area contributed by atoms with E-state index in [2.05, 4.69) is 18.5 Å². The van der Waals surface area contributed by atoms with Gasteiger partial charge in [0.15, 0.2) is 0 Å². The number of rotatable bonds is 13. The fraction of sp³-hybridized carbons (Fsp3) is 0.182. The molecule has 0 fully saturated rings. The summed E-state index contributed by atoms with van der Waals surface area (Å²) in [5.41, 5.74) is -0.285. The topological polar surface area (TPSA) is 160 Å². The average Bonchev–Trinajstić information content (AvgIpc) is 2.83. The van der Waals surface area contributed by atoms with Crippen molar-refractivity contribution in [1.29, 1.82) is 0 Å². The van der Waals surface area contributed by atoms with Crippen LogP contribution in [-0.2, 0) is 19.1 Å². The highest BCUT2D eigenvalue weighted by molar-refractivity contribution is 5.81. The van der Waals surface area contributed by atoms with Crippen molar-refractivity contribution < 1.29 is 33.6 Å².